The molecule has 4 heterocycles. The molecule has 6 heteroatoms. The largest absolute Gasteiger partial charge is 0.345 e. The first-order valence-corrected chi connectivity index (χ1v) is 35.7. The molecule has 0 spiro atoms. The smallest absolute Gasteiger partial charge is 0.224 e. The van der Waals surface area contributed by atoms with E-state index >= 15 is 0 Å². The van der Waals surface area contributed by atoms with Gasteiger partial charge in [-0.05, 0) is 379 Å². The summed E-state index contributed by atoms with van der Waals surface area (Å²) in [6.07, 6.45) is 0. The van der Waals surface area contributed by atoms with Crippen molar-refractivity contribution < 1.29 is 9.47 Å². The Morgan fingerprint density at radius 2 is 0.347 bits per heavy atom. The van der Waals surface area contributed by atoms with Gasteiger partial charge in [0.2, 0.25) is 5.79 Å². The van der Waals surface area contributed by atoms with Gasteiger partial charge >= 0.3 is 0 Å². The maximum absolute atomic E-state index is 7.30. The quantitative estimate of drug-likeness (QED) is 0.128. The number of hydrogen-bond acceptors (Lipinski definition) is 2. The van der Waals surface area contributed by atoms with E-state index in [2.05, 4.69) is 323 Å². The second-order valence-corrected chi connectivity index (χ2v) is 29.7. The Bertz CT molecular complexity index is 5700. The van der Waals surface area contributed by atoms with Crippen LogP contribution in [0.25, 0.3) is 132 Å². The molecule has 0 aliphatic heterocycles. The molecule has 0 atom stereocenters. The second kappa shape index (κ2) is 23.2. The summed E-state index contributed by atoms with van der Waals surface area (Å²) in [5, 5.41) is 10.1. The van der Waals surface area contributed by atoms with Crippen molar-refractivity contribution in [3.8, 4) is 22.7 Å². The van der Waals surface area contributed by atoms with E-state index in [9.17, 15) is 0 Å². The van der Waals surface area contributed by atoms with Crippen molar-refractivity contribution in [2.75, 3.05) is 14.2 Å². The minimum Gasteiger partial charge on any atom is -0.345 e. The summed E-state index contributed by atoms with van der Waals surface area (Å²) in [6, 6.07) is 75.0. The van der Waals surface area contributed by atoms with E-state index in [1.807, 2.05) is 14.2 Å². The van der Waals surface area contributed by atoms with Crippen molar-refractivity contribution >= 4 is 110 Å². The first-order chi connectivity index (χ1) is 48.5. The van der Waals surface area contributed by atoms with E-state index in [1.54, 1.807) is 0 Å². The van der Waals surface area contributed by atoms with Gasteiger partial charge in [-0.2, -0.15) is 0 Å². The van der Waals surface area contributed by atoms with Crippen LogP contribution >= 0.6 is 0 Å². The average molecular weight is 1320 g/mol. The van der Waals surface area contributed by atoms with Crippen LogP contribution in [-0.4, -0.2) is 38.3 Å². The number of rotatable bonds is 10. The van der Waals surface area contributed by atoms with E-state index in [1.165, 1.54) is 176 Å². The lowest BCUT2D eigenvalue weighted by Gasteiger charge is -2.33. The molecular weight excluding hydrogens is 1230 g/mol. The highest BCUT2D eigenvalue weighted by molar-refractivity contribution is 6.31. The summed E-state index contributed by atoms with van der Waals surface area (Å²) in [4.78, 5) is 0. The molecule has 0 saturated carbocycles. The van der Waals surface area contributed by atoms with Crippen LogP contribution in [0.15, 0.2) is 194 Å². The molecule has 16 aromatic rings. The Morgan fingerprint density at radius 3 is 0.505 bits per heavy atom. The van der Waals surface area contributed by atoms with Crippen LogP contribution < -0.4 is 0 Å². The van der Waals surface area contributed by atoms with Crippen LogP contribution in [0.2, 0.25) is 0 Å². The molecule has 0 radical (unpaired) electrons. The summed E-state index contributed by atoms with van der Waals surface area (Å²) in [5.74, 6) is -1.44. The highest BCUT2D eigenvalue weighted by Crippen LogP contribution is 2.59. The number of aryl methyl sites for hydroxylation is 16. The Labute approximate surface area is 592 Å². The van der Waals surface area contributed by atoms with Gasteiger partial charge < -0.3 is 27.7 Å². The monoisotopic (exact) mass is 1310 g/mol. The number of fused-ring (bicyclic) bond motifs is 12. The Balaban J connectivity index is 0.938. The van der Waals surface area contributed by atoms with E-state index < -0.39 is 5.79 Å². The van der Waals surface area contributed by atoms with Gasteiger partial charge in [-0.25, -0.2) is 0 Å². The van der Waals surface area contributed by atoms with E-state index in [-0.39, 0.29) is 0 Å². The number of allylic oxidation sites excluding steroid dienone is 2. The second-order valence-electron chi connectivity index (χ2n) is 29.7. The molecule has 17 rings (SSSR count). The maximum Gasteiger partial charge on any atom is 0.224 e. The third-order valence-electron chi connectivity index (χ3n) is 23.6. The van der Waals surface area contributed by atoms with Gasteiger partial charge in [0.25, 0.3) is 0 Å². The van der Waals surface area contributed by atoms with Crippen molar-refractivity contribution in [3.05, 3.63) is 305 Å². The molecule has 0 fully saturated rings. The SMILES string of the molecule is COC1(OC)C(c2ccc(-n3c4cc(C)c(C)cc4c4cc(C)c(C)cc43)cc2)=C(c2ccc(-n3c4cc(C)c(C)cc4c4cc(C)c(C)cc43)cc2)C(c2ccc(-n3c4cc(C)c(C)cc4c4cc(C)c(C)cc43)cc2)=C1c1ccc(-n2c3cc(C)c(C)cc3c3cc(C)c(C)cc32)cc1. The predicted octanol–water partition coefficient (Wildman–Crippen LogP) is 24.5. The lowest BCUT2D eigenvalue weighted by Crippen LogP contribution is -2.35. The molecule has 101 heavy (non-hydrogen) atoms. The van der Waals surface area contributed by atoms with Crippen molar-refractivity contribution in [2.24, 2.45) is 0 Å². The van der Waals surface area contributed by atoms with Crippen LogP contribution in [-0.2, 0) is 9.47 Å². The van der Waals surface area contributed by atoms with Gasteiger partial charge in [0.1, 0.15) is 0 Å². The fourth-order valence-corrected chi connectivity index (χ4v) is 16.8. The van der Waals surface area contributed by atoms with E-state index in [0.29, 0.717) is 0 Å². The molecule has 0 N–H and O–H groups in total. The van der Waals surface area contributed by atoms with Crippen LogP contribution in [0.1, 0.15) is 111 Å². The first-order valence-electron chi connectivity index (χ1n) is 35.7. The summed E-state index contributed by atoms with van der Waals surface area (Å²) in [7, 11) is 3.65. The molecule has 1 aliphatic carbocycles. The number of nitrogens with zero attached hydrogens (tertiary/aromatic N) is 4. The normalized spacial score (nSPS) is 13.5. The van der Waals surface area contributed by atoms with Crippen molar-refractivity contribution in [1.29, 1.82) is 0 Å². The Hall–Kier alpha value is -10.8. The predicted molar refractivity (Wildman–Crippen MR) is 429 cm³/mol. The zero-order valence-corrected chi connectivity index (χ0v) is 61.6. The zero-order valence-electron chi connectivity index (χ0n) is 61.6. The summed E-state index contributed by atoms with van der Waals surface area (Å²) >= 11 is 0. The van der Waals surface area contributed by atoms with Crippen LogP contribution in [0.5, 0.6) is 0 Å². The van der Waals surface area contributed by atoms with Crippen LogP contribution in [0.4, 0.5) is 0 Å². The lowest BCUT2D eigenvalue weighted by molar-refractivity contribution is -0.114. The van der Waals surface area contributed by atoms with E-state index in [4.69, 9.17) is 9.47 Å². The molecule has 498 valence electrons. The van der Waals surface area contributed by atoms with Crippen LogP contribution in [0.3, 0.4) is 0 Å². The Morgan fingerprint density at radius 1 is 0.198 bits per heavy atom. The first kappa shape index (κ1) is 63.7. The molecule has 0 unspecified atom stereocenters. The van der Waals surface area contributed by atoms with Crippen LogP contribution in [0, 0.1) is 111 Å². The van der Waals surface area contributed by atoms with Gasteiger partial charge in [-0.15, -0.1) is 0 Å². The molecule has 12 aromatic carbocycles. The summed E-state index contributed by atoms with van der Waals surface area (Å²) in [6.45, 7) is 35.6. The number of ether oxygens (including phenoxy) is 2. The maximum atomic E-state index is 7.30. The molecule has 6 nitrogen and oxygen atoms in total. The molecule has 0 saturated heterocycles. The summed E-state index contributed by atoms with van der Waals surface area (Å²) < 4.78 is 24.5. The fourth-order valence-electron chi connectivity index (χ4n) is 16.8. The third-order valence-corrected chi connectivity index (χ3v) is 23.6. The van der Waals surface area contributed by atoms with Gasteiger partial charge in [0, 0.05) is 91.2 Å². The number of aromatic nitrogens is 4. The number of hydrogen-bond donors (Lipinski definition) is 0. The van der Waals surface area contributed by atoms with Gasteiger partial charge in [-0.3, -0.25) is 0 Å². The standard InChI is InChI=1S/C95H86N4O2/c1-51-35-75-76-36-52(2)60(10)44-84(76)96(83(75)43-59(51)9)71-27-19-67(20-28-71)91-92(68-21-29-72(30-22-68)97-85-45-61(11)53(3)37-77(85)78-38-54(4)62(12)46-86(78)97)94(70-25-33-74(34-26-70)99-89-49-65(15)57(7)41-81(89)82-42-58(8)66(16)50-90(82)99)95(100-17,101-18)93(91)69-23-31-73(32-24-69)98-87-47-63(13)55(5)39-79(87)80-40-56(6)64(14)48-88(80)98/h19-50H,1-18H3. The topological polar surface area (TPSA) is 38.2 Å². The molecule has 0 bridgehead atoms. The summed E-state index contributed by atoms with van der Waals surface area (Å²) in [5.41, 5.74) is 42.2. The highest BCUT2D eigenvalue weighted by atomic mass is 16.7. The number of methoxy groups -OCH3 is 2. The lowest BCUT2D eigenvalue weighted by atomic mass is 9.89. The van der Waals surface area contributed by atoms with Crippen molar-refractivity contribution in [1.82, 2.24) is 18.3 Å². The molecular formula is C95H86N4O2. The molecule has 1 aliphatic rings. The minimum atomic E-state index is -1.44. The third kappa shape index (κ3) is 9.51. The average Bonchev–Trinajstić information content (AvgIpc) is 1.56. The van der Waals surface area contributed by atoms with Gasteiger partial charge in [0.05, 0.1) is 44.1 Å². The van der Waals surface area contributed by atoms with Crippen molar-refractivity contribution in [2.45, 2.75) is 117 Å². The molecule has 0 amide bonds. The Kier molecular flexibility index (Phi) is 14.6. The zero-order chi connectivity index (χ0) is 70.3. The number of benzene rings is 12. The van der Waals surface area contributed by atoms with Crippen molar-refractivity contribution in [3.63, 3.8) is 0 Å². The fraction of sp³-hybridized carbons (Fsp3) is 0.200. The van der Waals surface area contributed by atoms with E-state index in [0.717, 1.165) is 67.3 Å². The van der Waals surface area contributed by atoms with Gasteiger partial charge in [0.15, 0.2) is 0 Å². The highest BCUT2D eigenvalue weighted by Gasteiger charge is 2.50. The minimum absolute atomic E-state index is 0.923. The molecule has 4 aromatic heterocycles. The van der Waals surface area contributed by atoms with Gasteiger partial charge in [-0.1, -0.05) is 48.5 Å².